The second-order valence-electron chi connectivity index (χ2n) is 2.86. The van der Waals surface area contributed by atoms with E-state index in [4.69, 9.17) is 15.7 Å². The fourth-order valence-corrected chi connectivity index (χ4v) is 1.23. The molecule has 2 aromatic rings. The molecule has 0 aliphatic carbocycles. The van der Waals surface area contributed by atoms with Crippen molar-refractivity contribution in [1.29, 1.82) is 5.41 Å². The molecule has 0 unspecified atom stereocenters. The van der Waals surface area contributed by atoms with E-state index in [0.29, 0.717) is 11.3 Å². The lowest BCUT2D eigenvalue weighted by Gasteiger charge is -1.97. The van der Waals surface area contributed by atoms with Crippen LogP contribution in [0.25, 0.3) is 11.3 Å². The lowest BCUT2D eigenvalue weighted by molar-refractivity contribution is 0.422. The normalized spacial score (nSPS) is 10.0. The van der Waals surface area contributed by atoms with Gasteiger partial charge in [0.15, 0.2) is 0 Å². The molecule has 0 aliphatic heterocycles. The highest BCUT2D eigenvalue weighted by molar-refractivity contribution is 6.00. The fourth-order valence-electron chi connectivity index (χ4n) is 1.23. The molecule has 1 aromatic heterocycles. The molecule has 1 heterocycles. The van der Waals surface area contributed by atoms with Gasteiger partial charge in [0.25, 0.3) is 0 Å². The molecule has 1 aromatic carbocycles. The molecule has 14 heavy (non-hydrogen) atoms. The molecule has 0 bridgehead atoms. The molecule has 0 saturated carbocycles. The Morgan fingerprint density at radius 1 is 1.29 bits per heavy atom. The van der Waals surface area contributed by atoms with Crippen molar-refractivity contribution in [2.45, 2.75) is 0 Å². The molecule has 0 amide bonds. The van der Waals surface area contributed by atoms with Crippen molar-refractivity contribution in [3.05, 3.63) is 42.2 Å². The van der Waals surface area contributed by atoms with Gasteiger partial charge in [0.2, 0.25) is 0 Å². The fraction of sp³-hybridized carbons (Fsp3) is 0. The van der Waals surface area contributed by atoms with E-state index < -0.39 is 0 Å². The number of rotatable bonds is 2. The lowest BCUT2D eigenvalue weighted by Crippen LogP contribution is -2.11. The maximum absolute atomic E-state index is 7.32. The number of nitrogens with zero attached hydrogens (tertiary/aromatic N) is 1. The summed E-state index contributed by atoms with van der Waals surface area (Å²) in [5.74, 6) is -0.0369. The van der Waals surface area contributed by atoms with Gasteiger partial charge in [-0.1, -0.05) is 35.5 Å². The van der Waals surface area contributed by atoms with Crippen molar-refractivity contribution in [2.75, 3.05) is 0 Å². The van der Waals surface area contributed by atoms with Gasteiger partial charge in [-0.3, -0.25) is 5.41 Å². The number of benzene rings is 1. The summed E-state index contributed by atoms with van der Waals surface area (Å²) < 4.78 is 4.79. The van der Waals surface area contributed by atoms with Gasteiger partial charge in [0.05, 0.1) is 5.56 Å². The zero-order valence-electron chi connectivity index (χ0n) is 7.40. The first-order valence-electron chi connectivity index (χ1n) is 4.13. The highest BCUT2D eigenvalue weighted by atomic mass is 16.5. The zero-order valence-corrected chi connectivity index (χ0v) is 7.40. The van der Waals surface area contributed by atoms with E-state index in [2.05, 4.69) is 5.16 Å². The lowest BCUT2D eigenvalue weighted by atomic mass is 10.1. The molecule has 0 saturated heterocycles. The zero-order chi connectivity index (χ0) is 9.97. The van der Waals surface area contributed by atoms with Gasteiger partial charge in [-0.2, -0.15) is 0 Å². The van der Waals surface area contributed by atoms with Gasteiger partial charge in [-0.25, -0.2) is 0 Å². The third-order valence-electron chi connectivity index (χ3n) is 1.91. The molecular formula is C10H9N3O. The molecule has 0 aliphatic rings. The molecule has 0 atom stereocenters. The SMILES string of the molecule is N=C(N)c1conc1-c1ccccc1. The van der Waals surface area contributed by atoms with Crippen LogP contribution in [0, 0.1) is 5.41 Å². The molecule has 0 radical (unpaired) electrons. The van der Waals surface area contributed by atoms with Gasteiger partial charge in [-0.15, -0.1) is 0 Å². The molecule has 70 valence electrons. The molecular weight excluding hydrogens is 178 g/mol. The highest BCUT2D eigenvalue weighted by Crippen LogP contribution is 2.20. The van der Waals surface area contributed by atoms with Crippen LogP contribution in [-0.2, 0) is 0 Å². The van der Waals surface area contributed by atoms with E-state index in [1.165, 1.54) is 6.26 Å². The van der Waals surface area contributed by atoms with Crippen LogP contribution >= 0.6 is 0 Å². The van der Waals surface area contributed by atoms with Crippen molar-refractivity contribution < 1.29 is 4.52 Å². The van der Waals surface area contributed by atoms with Crippen LogP contribution in [0.3, 0.4) is 0 Å². The van der Waals surface area contributed by atoms with E-state index in [0.717, 1.165) is 5.56 Å². The Hall–Kier alpha value is -2.10. The summed E-state index contributed by atoms with van der Waals surface area (Å²) >= 11 is 0. The summed E-state index contributed by atoms with van der Waals surface area (Å²) in [5, 5.41) is 11.1. The van der Waals surface area contributed by atoms with Crippen molar-refractivity contribution in [3.63, 3.8) is 0 Å². The summed E-state index contributed by atoms with van der Waals surface area (Å²) in [6.45, 7) is 0. The Kier molecular flexibility index (Phi) is 2.02. The number of nitrogen functional groups attached to an aromatic ring is 1. The van der Waals surface area contributed by atoms with Crippen LogP contribution in [0.1, 0.15) is 5.56 Å². The number of nitrogens with two attached hydrogens (primary N) is 1. The summed E-state index contributed by atoms with van der Waals surface area (Å²) in [5.41, 5.74) is 7.41. The number of amidine groups is 1. The minimum absolute atomic E-state index is 0.0369. The van der Waals surface area contributed by atoms with E-state index in [1.54, 1.807) is 0 Å². The Labute approximate surface area is 80.8 Å². The Morgan fingerprint density at radius 2 is 2.00 bits per heavy atom. The van der Waals surface area contributed by atoms with Crippen molar-refractivity contribution in [1.82, 2.24) is 5.16 Å². The predicted octanol–water partition coefficient (Wildman–Crippen LogP) is 1.63. The monoisotopic (exact) mass is 187 g/mol. The highest BCUT2D eigenvalue weighted by Gasteiger charge is 2.11. The van der Waals surface area contributed by atoms with Crippen LogP contribution < -0.4 is 5.73 Å². The second kappa shape index (κ2) is 3.33. The molecule has 0 spiro atoms. The van der Waals surface area contributed by atoms with Gasteiger partial charge in [0, 0.05) is 5.56 Å². The number of hydrogen-bond acceptors (Lipinski definition) is 3. The molecule has 3 N–H and O–H groups in total. The standard InChI is InChI=1S/C10H9N3O/c11-10(12)8-6-14-13-9(8)7-4-2-1-3-5-7/h1-6H,(H3,11,12). The van der Waals surface area contributed by atoms with Crippen LogP contribution in [0.15, 0.2) is 41.1 Å². The van der Waals surface area contributed by atoms with Gasteiger partial charge >= 0.3 is 0 Å². The second-order valence-corrected chi connectivity index (χ2v) is 2.86. The number of hydrogen-bond donors (Lipinski definition) is 2. The maximum atomic E-state index is 7.32. The summed E-state index contributed by atoms with van der Waals surface area (Å²) in [6, 6.07) is 9.49. The smallest absolute Gasteiger partial charge is 0.135 e. The van der Waals surface area contributed by atoms with E-state index in [1.807, 2.05) is 30.3 Å². The number of nitrogens with one attached hydrogen (secondary N) is 1. The average molecular weight is 187 g/mol. The largest absolute Gasteiger partial charge is 0.384 e. The minimum atomic E-state index is -0.0369. The van der Waals surface area contributed by atoms with Crippen LogP contribution in [0.5, 0.6) is 0 Å². The topological polar surface area (TPSA) is 75.9 Å². The Bertz CT molecular complexity index is 447. The van der Waals surface area contributed by atoms with Gasteiger partial charge in [-0.05, 0) is 0 Å². The van der Waals surface area contributed by atoms with Gasteiger partial charge in [0.1, 0.15) is 17.8 Å². The van der Waals surface area contributed by atoms with Crippen LogP contribution in [0.4, 0.5) is 0 Å². The van der Waals surface area contributed by atoms with Crippen LogP contribution in [0.2, 0.25) is 0 Å². The quantitative estimate of drug-likeness (QED) is 0.554. The van der Waals surface area contributed by atoms with E-state index in [-0.39, 0.29) is 5.84 Å². The molecule has 4 heteroatoms. The Balaban J connectivity index is 2.52. The van der Waals surface area contributed by atoms with Crippen molar-refractivity contribution >= 4 is 5.84 Å². The molecule has 4 nitrogen and oxygen atoms in total. The average Bonchev–Trinajstić information content (AvgIpc) is 2.67. The van der Waals surface area contributed by atoms with Crippen LogP contribution in [-0.4, -0.2) is 11.0 Å². The summed E-state index contributed by atoms with van der Waals surface area (Å²) in [6.07, 6.45) is 1.38. The predicted molar refractivity (Wildman–Crippen MR) is 53.0 cm³/mol. The summed E-state index contributed by atoms with van der Waals surface area (Å²) in [4.78, 5) is 0. The molecule has 0 fully saturated rings. The van der Waals surface area contributed by atoms with Crippen molar-refractivity contribution in [2.24, 2.45) is 5.73 Å². The van der Waals surface area contributed by atoms with Gasteiger partial charge < -0.3 is 10.3 Å². The number of aromatic nitrogens is 1. The van der Waals surface area contributed by atoms with E-state index in [9.17, 15) is 0 Å². The van der Waals surface area contributed by atoms with Crippen molar-refractivity contribution in [3.8, 4) is 11.3 Å². The first-order chi connectivity index (χ1) is 6.79. The Morgan fingerprint density at radius 3 is 2.64 bits per heavy atom. The third-order valence-corrected chi connectivity index (χ3v) is 1.91. The summed E-state index contributed by atoms with van der Waals surface area (Å²) in [7, 11) is 0. The first kappa shape index (κ1) is 8.50. The first-order valence-corrected chi connectivity index (χ1v) is 4.13. The maximum Gasteiger partial charge on any atom is 0.135 e. The minimum Gasteiger partial charge on any atom is -0.384 e. The molecule has 2 rings (SSSR count). The van der Waals surface area contributed by atoms with E-state index >= 15 is 0 Å². The third kappa shape index (κ3) is 1.37.